The maximum Gasteiger partial charge on any atom is 0.320 e. The van der Waals surface area contributed by atoms with E-state index in [1.54, 1.807) is 12.1 Å². The van der Waals surface area contributed by atoms with Gasteiger partial charge < -0.3 is 15.2 Å². The Balaban J connectivity index is 1.88. The topological polar surface area (TPSA) is 95.5 Å². The van der Waals surface area contributed by atoms with E-state index < -0.39 is 18.1 Å². The minimum absolute atomic E-state index is 0.186. The van der Waals surface area contributed by atoms with Crippen molar-refractivity contribution >= 4 is 18.2 Å². The van der Waals surface area contributed by atoms with Gasteiger partial charge in [0.25, 0.3) is 5.91 Å². The van der Waals surface area contributed by atoms with E-state index >= 15 is 0 Å². The smallest absolute Gasteiger partial charge is 0.320 e. The van der Waals surface area contributed by atoms with Crippen LogP contribution in [0.15, 0.2) is 54.6 Å². The van der Waals surface area contributed by atoms with Crippen LogP contribution in [0.2, 0.25) is 0 Å². The fourth-order valence-electron chi connectivity index (χ4n) is 3.08. The number of carbonyl (C=O) groups excluding carboxylic acids is 2. The average molecular weight is 396 g/mol. The van der Waals surface area contributed by atoms with Gasteiger partial charge in [0.05, 0.1) is 6.04 Å². The van der Waals surface area contributed by atoms with E-state index in [0.29, 0.717) is 12.0 Å². The Hall–Kier alpha value is -2.99. The van der Waals surface area contributed by atoms with E-state index in [-0.39, 0.29) is 24.8 Å². The molecule has 0 aliphatic carbocycles. The zero-order valence-corrected chi connectivity index (χ0v) is 16.8. The monoisotopic (exact) mass is 396 g/mol. The maximum atomic E-state index is 12.3. The van der Waals surface area contributed by atoms with E-state index in [0.717, 1.165) is 17.4 Å². The van der Waals surface area contributed by atoms with Crippen LogP contribution >= 0.6 is 0 Å². The van der Waals surface area contributed by atoms with Crippen LogP contribution in [-0.4, -0.2) is 41.9 Å². The second kappa shape index (κ2) is 11.1. The van der Waals surface area contributed by atoms with Gasteiger partial charge in [-0.1, -0.05) is 56.3 Å². The lowest BCUT2D eigenvalue weighted by Gasteiger charge is -2.20. The van der Waals surface area contributed by atoms with Crippen molar-refractivity contribution in [1.29, 1.82) is 0 Å². The van der Waals surface area contributed by atoms with Crippen molar-refractivity contribution in [2.24, 2.45) is 5.92 Å². The summed E-state index contributed by atoms with van der Waals surface area (Å²) in [6.45, 7) is 4.13. The first-order valence-corrected chi connectivity index (χ1v) is 9.78. The van der Waals surface area contributed by atoms with Gasteiger partial charge >= 0.3 is 5.97 Å². The van der Waals surface area contributed by atoms with Crippen LogP contribution < -0.4 is 10.6 Å². The molecule has 0 saturated carbocycles. The van der Waals surface area contributed by atoms with Crippen molar-refractivity contribution in [1.82, 2.24) is 10.6 Å². The Morgan fingerprint density at radius 2 is 1.62 bits per heavy atom. The van der Waals surface area contributed by atoms with Crippen LogP contribution in [0.25, 0.3) is 11.1 Å². The summed E-state index contributed by atoms with van der Waals surface area (Å²) < 4.78 is 0. The number of carboxylic acids is 1. The number of benzene rings is 2. The molecule has 2 aromatic rings. The van der Waals surface area contributed by atoms with Crippen molar-refractivity contribution < 1.29 is 19.5 Å². The number of carbonyl (C=O) groups is 3. The van der Waals surface area contributed by atoms with Crippen molar-refractivity contribution in [3.63, 3.8) is 0 Å². The third-order valence-electron chi connectivity index (χ3n) is 4.58. The number of aldehydes is 1. The van der Waals surface area contributed by atoms with Gasteiger partial charge in [-0.2, -0.15) is 0 Å². The molecule has 0 bridgehead atoms. The molecule has 2 rings (SSSR count). The summed E-state index contributed by atoms with van der Waals surface area (Å²) in [5.41, 5.74) is 2.60. The normalized spacial score (nSPS) is 12.9. The minimum atomic E-state index is -1.04. The standard InChI is InChI=1S/C23H28N2O4/c1-16(2)14-20(15-26)25-21(23(28)29)12-13-24-22(27)19-10-8-18(9-11-19)17-6-4-3-5-7-17/h3-11,15-16,20-21,25H,12-14H2,1-2H3,(H,24,27)(H,28,29). The Bertz CT molecular complexity index is 803. The van der Waals surface area contributed by atoms with Crippen LogP contribution in [0, 0.1) is 5.92 Å². The quantitative estimate of drug-likeness (QED) is 0.507. The molecule has 0 radical (unpaired) electrons. The predicted molar refractivity (Wildman–Crippen MR) is 113 cm³/mol. The molecular formula is C23H28N2O4. The second-order valence-corrected chi connectivity index (χ2v) is 7.42. The Labute approximate surface area is 171 Å². The predicted octanol–water partition coefficient (Wildman–Crippen LogP) is 3.13. The zero-order valence-electron chi connectivity index (χ0n) is 16.8. The number of hydrogen-bond acceptors (Lipinski definition) is 4. The summed E-state index contributed by atoms with van der Waals surface area (Å²) in [5.74, 6) is -1.03. The first kappa shape index (κ1) is 22.3. The van der Waals surface area contributed by atoms with Gasteiger partial charge in [-0.25, -0.2) is 0 Å². The number of rotatable bonds is 11. The summed E-state index contributed by atoms with van der Waals surface area (Å²) in [6.07, 6.45) is 1.49. The molecule has 1 amide bonds. The van der Waals surface area contributed by atoms with Crippen LogP contribution in [-0.2, 0) is 9.59 Å². The van der Waals surface area contributed by atoms with Crippen molar-refractivity contribution in [3.05, 3.63) is 60.2 Å². The number of aliphatic carboxylic acids is 1. The summed E-state index contributed by atoms with van der Waals surface area (Å²) in [6, 6.07) is 15.7. The summed E-state index contributed by atoms with van der Waals surface area (Å²) in [4.78, 5) is 35.0. The first-order chi connectivity index (χ1) is 13.9. The number of amides is 1. The van der Waals surface area contributed by atoms with Crippen LogP contribution in [0.5, 0.6) is 0 Å². The third kappa shape index (κ3) is 7.16. The first-order valence-electron chi connectivity index (χ1n) is 9.78. The van der Waals surface area contributed by atoms with E-state index in [2.05, 4.69) is 10.6 Å². The van der Waals surface area contributed by atoms with Crippen molar-refractivity contribution in [2.45, 2.75) is 38.8 Å². The molecule has 2 atom stereocenters. The van der Waals surface area contributed by atoms with E-state index in [1.165, 1.54) is 0 Å². The van der Waals surface area contributed by atoms with E-state index in [9.17, 15) is 19.5 Å². The minimum Gasteiger partial charge on any atom is -0.480 e. The van der Waals surface area contributed by atoms with Crippen molar-refractivity contribution in [3.8, 4) is 11.1 Å². The Kier molecular flexibility index (Phi) is 8.55. The highest BCUT2D eigenvalue weighted by molar-refractivity contribution is 5.94. The Morgan fingerprint density at radius 1 is 1.00 bits per heavy atom. The molecule has 154 valence electrons. The highest BCUT2D eigenvalue weighted by Crippen LogP contribution is 2.19. The molecular weight excluding hydrogens is 368 g/mol. The lowest BCUT2D eigenvalue weighted by atomic mass is 10.0. The van der Waals surface area contributed by atoms with Gasteiger partial charge in [0.15, 0.2) is 0 Å². The second-order valence-electron chi connectivity index (χ2n) is 7.42. The van der Waals surface area contributed by atoms with Gasteiger partial charge in [0.2, 0.25) is 0 Å². The van der Waals surface area contributed by atoms with Gasteiger partial charge in [-0.05, 0) is 42.0 Å². The van der Waals surface area contributed by atoms with E-state index in [1.807, 2.05) is 56.3 Å². The third-order valence-corrected chi connectivity index (χ3v) is 4.58. The fourth-order valence-corrected chi connectivity index (χ4v) is 3.08. The van der Waals surface area contributed by atoms with Gasteiger partial charge in [-0.15, -0.1) is 0 Å². The zero-order chi connectivity index (χ0) is 21.2. The summed E-state index contributed by atoms with van der Waals surface area (Å²) >= 11 is 0. The molecule has 0 aliphatic heterocycles. The lowest BCUT2D eigenvalue weighted by Crippen LogP contribution is -2.46. The van der Waals surface area contributed by atoms with E-state index in [4.69, 9.17) is 0 Å². The molecule has 0 saturated heterocycles. The van der Waals surface area contributed by atoms with Crippen molar-refractivity contribution in [2.75, 3.05) is 6.54 Å². The number of nitrogens with one attached hydrogen (secondary N) is 2. The average Bonchev–Trinajstić information content (AvgIpc) is 2.72. The number of carboxylic acid groups (broad SMARTS) is 1. The SMILES string of the molecule is CC(C)CC(C=O)NC(CCNC(=O)c1ccc(-c2ccccc2)cc1)C(=O)O. The van der Waals surface area contributed by atoms with Crippen LogP contribution in [0.3, 0.4) is 0 Å². The molecule has 0 heterocycles. The molecule has 6 heteroatoms. The van der Waals surface area contributed by atoms with Crippen LogP contribution in [0.4, 0.5) is 0 Å². The summed E-state index contributed by atoms with van der Waals surface area (Å²) in [7, 11) is 0. The Morgan fingerprint density at radius 3 is 2.17 bits per heavy atom. The number of hydrogen-bond donors (Lipinski definition) is 3. The highest BCUT2D eigenvalue weighted by atomic mass is 16.4. The summed E-state index contributed by atoms with van der Waals surface area (Å²) in [5, 5.41) is 15.0. The molecule has 0 spiro atoms. The van der Waals surface area contributed by atoms with Gasteiger partial charge in [0.1, 0.15) is 12.3 Å². The molecule has 2 unspecified atom stereocenters. The maximum absolute atomic E-state index is 12.3. The fraction of sp³-hybridized carbons (Fsp3) is 0.348. The largest absolute Gasteiger partial charge is 0.480 e. The van der Waals surface area contributed by atoms with Crippen LogP contribution in [0.1, 0.15) is 37.0 Å². The lowest BCUT2D eigenvalue weighted by molar-refractivity contribution is -0.140. The molecule has 0 aliphatic rings. The van der Waals surface area contributed by atoms with Gasteiger partial charge in [0, 0.05) is 12.1 Å². The van der Waals surface area contributed by atoms with Gasteiger partial charge in [-0.3, -0.25) is 14.9 Å². The molecule has 2 aromatic carbocycles. The highest BCUT2D eigenvalue weighted by Gasteiger charge is 2.22. The molecule has 29 heavy (non-hydrogen) atoms. The molecule has 3 N–H and O–H groups in total. The molecule has 6 nitrogen and oxygen atoms in total. The molecule has 0 fully saturated rings. The molecule has 0 aromatic heterocycles.